The minimum Gasteiger partial charge on any atom is -0.370 e. The second-order valence-electron chi connectivity index (χ2n) is 4.48. The normalized spacial score (nSPS) is 10.8. The van der Waals surface area contributed by atoms with Gasteiger partial charge in [-0.1, -0.05) is 31.5 Å². The van der Waals surface area contributed by atoms with Gasteiger partial charge in [0, 0.05) is 25.3 Å². The summed E-state index contributed by atoms with van der Waals surface area (Å²) in [6.07, 6.45) is 2.52. The molecule has 0 aliphatic heterocycles. The van der Waals surface area contributed by atoms with Crippen LogP contribution in [-0.2, 0) is 0 Å². The third-order valence-electron chi connectivity index (χ3n) is 2.72. The molecule has 0 saturated heterocycles. The lowest BCUT2D eigenvalue weighted by molar-refractivity contribution is 0.412. The lowest BCUT2D eigenvalue weighted by Gasteiger charge is -2.26. The molecule has 0 amide bonds. The van der Waals surface area contributed by atoms with Gasteiger partial charge in [0.05, 0.1) is 0 Å². The van der Waals surface area contributed by atoms with Crippen molar-refractivity contribution >= 4 is 5.69 Å². The molecule has 0 heterocycles. The number of nitrogens with zero attached hydrogens (tertiary/aromatic N) is 2. The molecule has 2 nitrogen and oxygen atoms in total. The van der Waals surface area contributed by atoms with E-state index in [2.05, 4.69) is 61.2 Å². The van der Waals surface area contributed by atoms with Crippen LogP contribution < -0.4 is 4.90 Å². The van der Waals surface area contributed by atoms with Crippen LogP contribution in [0.4, 0.5) is 5.69 Å². The van der Waals surface area contributed by atoms with E-state index < -0.39 is 0 Å². The number of likely N-dealkylation sites (N-methyl/N-ethyl adjacent to an activating group) is 1. The maximum absolute atomic E-state index is 2.48. The maximum Gasteiger partial charge on any atom is 0.0366 e. The molecule has 0 fully saturated rings. The first-order chi connectivity index (χ1) is 7.74. The van der Waals surface area contributed by atoms with E-state index in [9.17, 15) is 0 Å². The van der Waals surface area contributed by atoms with E-state index in [4.69, 9.17) is 0 Å². The quantitative estimate of drug-likeness (QED) is 0.697. The predicted octanol–water partition coefficient (Wildman–Crippen LogP) is 2.85. The van der Waals surface area contributed by atoms with Crippen molar-refractivity contribution < 1.29 is 0 Å². The zero-order valence-electron chi connectivity index (χ0n) is 10.8. The van der Waals surface area contributed by atoms with Crippen LogP contribution in [0, 0.1) is 0 Å². The molecule has 0 saturated carbocycles. The minimum absolute atomic E-state index is 1.11. The van der Waals surface area contributed by atoms with Crippen molar-refractivity contribution in [2.24, 2.45) is 0 Å². The average Bonchev–Trinajstić information content (AvgIpc) is 2.30. The van der Waals surface area contributed by atoms with E-state index in [1.54, 1.807) is 0 Å². The highest BCUT2D eigenvalue weighted by molar-refractivity contribution is 5.45. The molecular formula is C14H24N2. The number of hydrogen-bond acceptors (Lipinski definition) is 2. The first kappa shape index (κ1) is 13.0. The molecule has 0 unspecified atom stereocenters. The molecule has 2 heteroatoms. The van der Waals surface area contributed by atoms with E-state index in [1.165, 1.54) is 18.5 Å². The summed E-state index contributed by atoms with van der Waals surface area (Å²) < 4.78 is 0. The molecule has 0 N–H and O–H groups in total. The smallest absolute Gasteiger partial charge is 0.0366 e. The molecule has 16 heavy (non-hydrogen) atoms. The molecule has 90 valence electrons. The van der Waals surface area contributed by atoms with Crippen LogP contribution in [0.5, 0.6) is 0 Å². The minimum atomic E-state index is 1.11. The van der Waals surface area contributed by atoms with Gasteiger partial charge < -0.3 is 9.80 Å². The van der Waals surface area contributed by atoms with Gasteiger partial charge in [-0.05, 0) is 32.6 Å². The second-order valence-corrected chi connectivity index (χ2v) is 4.48. The van der Waals surface area contributed by atoms with Crippen molar-refractivity contribution in [1.82, 2.24) is 4.90 Å². The summed E-state index contributed by atoms with van der Waals surface area (Å²) in [5.74, 6) is 0. The summed E-state index contributed by atoms with van der Waals surface area (Å²) in [4.78, 5) is 4.71. The standard InChI is InChI=1S/C14H24N2/c1-4-5-11-16(13-12-15(2)3)14-9-7-6-8-10-14/h6-10H,4-5,11-13H2,1-3H3. The molecule has 1 aromatic carbocycles. The Hall–Kier alpha value is -1.02. The molecule has 1 rings (SSSR count). The lowest BCUT2D eigenvalue weighted by Crippen LogP contribution is -2.32. The first-order valence-corrected chi connectivity index (χ1v) is 6.18. The fourth-order valence-electron chi connectivity index (χ4n) is 1.68. The van der Waals surface area contributed by atoms with Gasteiger partial charge in [-0.15, -0.1) is 0 Å². The predicted molar refractivity (Wildman–Crippen MR) is 72.1 cm³/mol. The molecular weight excluding hydrogens is 196 g/mol. The zero-order chi connectivity index (χ0) is 11.8. The number of hydrogen-bond donors (Lipinski definition) is 0. The monoisotopic (exact) mass is 220 g/mol. The molecule has 0 aliphatic carbocycles. The van der Waals surface area contributed by atoms with Gasteiger partial charge in [-0.3, -0.25) is 0 Å². The molecule has 0 bridgehead atoms. The third-order valence-corrected chi connectivity index (χ3v) is 2.72. The number of anilines is 1. The largest absolute Gasteiger partial charge is 0.370 e. The molecule has 0 atom stereocenters. The summed E-state index contributed by atoms with van der Waals surface area (Å²) in [7, 11) is 4.26. The fourth-order valence-corrected chi connectivity index (χ4v) is 1.68. The van der Waals surface area contributed by atoms with E-state index in [1.807, 2.05) is 0 Å². The highest BCUT2D eigenvalue weighted by Crippen LogP contribution is 2.13. The van der Waals surface area contributed by atoms with Crippen LogP contribution >= 0.6 is 0 Å². The third kappa shape index (κ3) is 4.67. The summed E-state index contributed by atoms with van der Waals surface area (Å²) >= 11 is 0. The lowest BCUT2D eigenvalue weighted by atomic mass is 10.2. The summed E-state index contributed by atoms with van der Waals surface area (Å²) in [5.41, 5.74) is 1.35. The average molecular weight is 220 g/mol. The molecule has 1 aromatic rings. The van der Waals surface area contributed by atoms with Crippen LogP contribution in [0.2, 0.25) is 0 Å². The highest BCUT2D eigenvalue weighted by atomic mass is 15.2. The summed E-state index contributed by atoms with van der Waals surface area (Å²) in [6.45, 7) is 5.62. The van der Waals surface area contributed by atoms with E-state index in [0.717, 1.165) is 19.6 Å². The molecule has 0 spiro atoms. The van der Waals surface area contributed by atoms with Gasteiger partial charge in [-0.2, -0.15) is 0 Å². The van der Waals surface area contributed by atoms with Crippen LogP contribution in [-0.4, -0.2) is 38.6 Å². The van der Waals surface area contributed by atoms with Crippen molar-refractivity contribution in [3.63, 3.8) is 0 Å². The van der Waals surface area contributed by atoms with Gasteiger partial charge in [0.15, 0.2) is 0 Å². The first-order valence-electron chi connectivity index (χ1n) is 6.18. The van der Waals surface area contributed by atoms with Crippen LogP contribution in [0.25, 0.3) is 0 Å². The number of para-hydroxylation sites is 1. The van der Waals surface area contributed by atoms with Gasteiger partial charge >= 0.3 is 0 Å². The Kier molecular flexibility index (Phi) is 5.94. The van der Waals surface area contributed by atoms with E-state index >= 15 is 0 Å². The van der Waals surface area contributed by atoms with Gasteiger partial charge in [-0.25, -0.2) is 0 Å². The number of benzene rings is 1. The Morgan fingerprint density at radius 2 is 1.62 bits per heavy atom. The van der Waals surface area contributed by atoms with Crippen LogP contribution in [0.3, 0.4) is 0 Å². The Morgan fingerprint density at radius 1 is 0.938 bits per heavy atom. The molecule has 0 aliphatic rings. The number of rotatable bonds is 7. The van der Waals surface area contributed by atoms with Crippen molar-refractivity contribution in [1.29, 1.82) is 0 Å². The Labute approximate surface area is 99.9 Å². The topological polar surface area (TPSA) is 6.48 Å². The summed E-state index contributed by atoms with van der Waals surface area (Å²) in [6, 6.07) is 10.7. The Morgan fingerprint density at radius 3 is 2.19 bits per heavy atom. The van der Waals surface area contributed by atoms with E-state index in [0.29, 0.717) is 0 Å². The Bertz CT molecular complexity index is 269. The number of unbranched alkanes of at least 4 members (excludes halogenated alkanes) is 1. The molecule has 0 aromatic heterocycles. The van der Waals surface area contributed by atoms with E-state index in [-0.39, 0.29) is 0 Å². The van der Waals surface area contributed by atoms with Crippen molar-refractivity contribution in [3.05, 3.63) is 30.3 Å². The van der Waals surface area contributed by atoms with Crippen LogP contribution in [0.1, 0.15) is 19.8 Å². The van der Waals surface area contributed by atoms with Crippen molar-refractivity contribution in [3.8, 4) is 0 Å². The van der Waals surface area contributed by atoms with Gasteiger partial charge in [0.25, 0.3) is 0 Å². The maximum atomic E-state index is 2.48. The van der Waals surface area contributed by atoms with Gasteiger partial charge in [0.1, 0.15) is 0 Å². The SMILES string of the molecule is CCCCN(CCN(C)C)c1ccccc1. The van der Waals surface area contributed by atoms with Crippen LogP contribution in [0.15, 0.2) is 30.3 Å². The highest BCUT2D eigenvalue weighted by Gasteiger charge is 2.05. The van der Waals surface area contributed by atoms with Crippen molar-refractivity contribution in [2.45, 2.75) is 19.8 Å². The second kappa shape index (κ2) is 7.29. The summed E-state index contributed by atoms with van der Waals surface area (Å²) in [5, 5.41) is 0. The Balaban J connectivity index is 2.56. The van der Waals surface area contributed by atoms with Gasteiger partial charge in [0.2, 0.25) is 0 Å². The zero-order valence-corrected chi connectivity index (χ0v) is 10.8. The molecule has 0 radical (unpaired) electrons. The fraction of sp³-hybridized carbons (Fsp3) is 0.571. The van der Waals surface area contributed by atoms with Crippen molar-refractivity contribution in [2.75, 3.05) is 38.6 Å².